The van der Waals surface area contributed by atoms with Crippen LogP contribution in [0.1, 0.15) is 32.6 Å². The quantitative estimate of drug-likeness (QED) is 0.528. The van der Waals surface area contributed by atoms with Crippen LogP contribution in [0.25, 0.3) is 0 Å². The molecule has 2 amide bonds. The van der Waals surface area contributed by atoms with Gasteiger partial charge in [-0.05, 0) is 12.8 Å². The Labute approximate surface area is 107 Å². The Balaban J connectivity index is 2.26. The molecule has 2 N–H and O–H groups in total. The fourth-order valence-corrected chi connectivity index (χ4v) is 3.49. The zero-order valence-corrected chi connectivity index (χ0v) is 11.4. The summed E-state index contributed by atoms with van der Waals surface area (Å²) in [6, 6.07) is -0.427. The number of nitrogens with one attached hydrogen (secondary N) is 2. The van der Waals surface area contributed by atoms with E-state index in [4.69, 9.17) is 0 Å². The highest BCUT2D eigenvalue weighted by Crippen LogP contribution is 2.10. The van der Waals surface area contributed by atoms with Crippen molar-refractivity contribution >= 4 is 21.7 Å². The summed E-state index contributed by atoms with van der Waals surface area (Å²) < 4.78 is 22.4. The SMILES string of the molecule is CCCCCNC(=O)C(=O)NC1CCS(=O)(=O)C1. The number of unbranched alkanes of at least 4 members (excludes halogenated alkanes) is 2. The van der Waals surface area contributed by atoms with Crippen molar-refractivity contribution in [1.29, 1.82) is 0 Å². The Morgan fingerprint density at radius 1 is 1.22 bits per heavy atom. The van der Waals surface area contributed by atoms with E-state index in [0.717, 1.165) is 19.3 Å². The summed E-state index contributed by atoms with van der Waals surface area (Å²) in [5, 5.41) is 4.96. The Hall–Kier alpha value is -1.11. The van der Waals surface area contributed by atoms with Gasteiger partial charge in [0.25, 0.3) is 0 Å². The van der Waals surface area contributed by atoms with Gasteiger partial charge in [0.15, 0.2) is 9.84 Å². The molecule has 18 heavy (non-hydrogen) atoms. The molecule has 0 aliphatic carbocycles. The van der Waals surface area contributed by atoms with Crippen molar-refractivity contribution in [2.45, 2.75) is 38.6 Å². The first-order valence-corrected chi connectivity index (χ1v) is 8.06. The molecular weight excluding hydrogens is 256 g/mol. The predicted octanol–water partition coefficient (Wildman–Crippen LogP) is -0.404. The third-order valence-electron chi connectivity index (χ3n) is 2.84. The number of carbonyl (C=O) groups is 2. The van der Waals surface area contributed by atoms with Crippen LogP contribution < -0.4 is 10.6 Å². The van der Waals surface area contributed by atoms with Gasteiger partial charge in [-0.2, -0.15) is 0 Å². The molecule has 0 saturated carbocycles. The van der Waals surface area contributed by atoms with E-state index in [0.29, 0.717) is 13.0 Å². The summed E-state index contributed by atoms with van der Waals surface area (Å²) in [6.45, 7) is 2.53. The highest BCUT2D eigenvalue weighted by Gasteiger charge is 2.30. The normalized spacial score (nSPS) is 21.5. The van der Waals surface area contributed by atoms with Crippen LogP contribution in [0.4, 0.5) is 0 Å². The van der Waals surface area contributed by atoms with E-state index in [1.165, 1.54) is 0 Å². The number of sulfone groups is 1. The topological polar surface area (TPSA) is 92.3 Å². The molecule has 104 valence electrons. The molecule has 1 unspecified atom stereocenters. The van der Waals surface area contributed by atoms with Gasteiger partial charge in [0, 0.05) is 12.6 Å². The van der Waals surface area contributed by atoms with Gasteiger partial charge in [0.2, 0.25) is 0 Å². The van der Waals surface area contributed by atoms with Crippen molar-refractivity contribution in [3.05, 3.63) is 0 Å². The van der Waals surface area contributed by atoms with E-state index in [9.17, 15) is 18.0 Å². The first-order chi connectivity index (χ1) is 8.44. The Morgan fingerprint density at radius 2 is 1.94 bits per heavy atom. The third kappa shape index (κ3) is 5.03. The smallest absolute Gasteiger partial charge is 0.309 e. The maximum atomic E-state index is 11.5. The molecule has 0 aromatic rings. The van der Waals surface area contributed by atoms with Gasteiger partial charge in [-0.1, -0.05) is 19.8 Å². The fraction of sp³-hybridized carbons (Fsp3) is 0.818. The minimum absolute atomic E-state index is 0.0676. The highest BCUT2D eigenvalue weighted by molar-refractivity contribution is 7.91. The largest absolute Gasteiger partial charge is 0.348 e. The fourth-order valence-electron chi connectivity index (χ4n) is 1.82. The van der Waals surface area contributed by atoms with Crippen LogP contribution >= 0.6 is 0 Å². The van der Waals surface area contributed by atoms with Crippen molar-refractivity contribution in [1.82, 2.24) is 10.6 Å². The van der Waals surface area contributed by atoms with Crippen LogP contribution in [0.3, 0.4) is 0 Å². The molecule has 1 heterocycles. The molecule has 6 nitrogen and oxygen atoms in total. The van der Waals surface area contributed by atoms with E-state index in [1.54, 1.807) is 0 Å². The number of hydrogen-bond donors (Lipinski definition) is 2. The van der Waals surface area contributed by atoms with Gasteiger partial charge < -0.3 is 10.6 Å². The lowest BCUT2D eigenvalue weighted by atomic mass is 10.2. The number of rotatable bonds is 5. The lowest BCUT2D eigenvalue weighted by Gasteiger charge is -2.10. The van der Waals surface area contributed by atoms with Crippen LogP contribution in [0, 0.1) is 0 Å². The molecule has 0 bridgehead atoms. The number of amides is 2. The minimum Gasteiger partial charge on any atom is -0.348 e. The van der Waals surface area contributed by atoms with E-state index >= 15 is 0 Å². The van der Waals surface area contributed by atoms with Crippen LogP contribution in [0.15, 0.2) is 0 Å². The molecule has 0 aromatic carbocycles. The predicted molar refractivity (Wildman–Crippen MR) is 67.7 cm³/mol. The van der Waals surface area contributed by atoms with E-state index in [2.05, 4.69) is 17.6 Å². The second-order valence-corrected chi connectivity index (χ2v) is 6.77. The second kappa shape index (κ2) is 6.72. The van der Waals surface area contributed by atoms with Crippen molar-refractivity contribution in [2.75, 3.05) is 18.1 Å². The average molecular weight is 276 g/mol. The Bertz CT molecular complexity index is 405. The van der Waals surface area contributed by atoms with Crippen LogP contribution in [-0.4, -0.2) is 44.3 Å². The molecule has 1 rings (SSSR count). The van der Waals surface area contributed by atoms with Crippen molar-refractivity contribution in [3.8, 4) is 0 Å². The molecule has 1 saturated heterocycles. The molecule has 1 atom stereocenters. The zero-order valence-electron chi connectivity index (χ0n) is 10.6. The molecule has 0 aromatic heterocycles. The first kappa shape index (κ1) is 14.9. The summed E-state index contributed by atoms with van der Waals surface area (Å²) in [7, 11) is -3.04. The maximum absolute atomic E-state index is 11.5. The molecule has 7 heteroatoms. The summed E-state index contributed by atoms with van der Waals surface area (Å²) >= 11 is 0. The van der Waals surface area contributed by atoms with Gasteiger partial charge >= 0.3 is 11.8 Å². The molecular formula is C11H20N2O4S. The standard InChI is InChI=1S/C11H20N2O4S/c1-2-3-4-6-12-10(14)11(15)13-9-5-7-18(16,17)8-9/h9H,2-8H2,1H3,(H,12,14)(H,13,15). The third-order valence-corrected chi connectivity index (χ3v) is 4.61. The van der Waals surface area contributed by atoms with E-state index < -0.39 is 27.7 Å². The van der Waals surface area contributed by atoms with Gasteiger partial charge in [-0.25, -0.2) is 8.42 Å². The van der Waals surface area contributed by atoms with Crippen LogP contribution in [0.5, 0.6) is 0 Å². The average Bonchev–Trinajstić information content (AvgIpc) is 2.63. The summed E-state index contributed by atoms with van der Waals surface area (Å²) in [4.78, 5) is 22.8. The van der Waals surface area contributed by atoms with Gasteiger partial charge in [0.1, 0.15) is 0 Å². The monoisotopic (exact) mass is 276 g/mol. The van der Waals surface area contributed by atoms with Gasteiger partial charge in [-0.15, -0.1) is 0 Å². The Kier molecular flexibility index (Phi) is 5.58. The summed E-state index contributed by atoms with van der Waals surface area (Å²) in [6.07, 6.45) is 3.27. The summed E-state index contributed by atoms with van der Waals surface area (Å²) in [5.41, 5.74) is 0. The molecule has 0 radical (unpaired) electrons. The van der Waals surface area contributed by atoms with E-state index in [-0.39, 0.29) is 11.5 Å². The maximum Gasteiger partial charge on any atom is 0.309 e. The van der Waals surface area contributed by atoms with Crippen LogP contribution in [-0.2, 0) is 19.4 Å². The lowest BCUT2D eigenvalue weighted by molar-refractivity contribution is -0.139. The van der Waals surface area contributed by atoms with Crippen LogP contribution in [0.2, 0.25) is 0 Å². The van der Waals surface area contributed by atoms with Gasteiger partial charge in [-0.3, -0.25) is 9.59 Å². The highest BCUT2D eigenvalue weighted by atomic mass is 32.2. The molecule has 1 aliphatic heterocycles. The number of carbonyl (C=O) groups excluding carboxylic acids is 2. The first-order valence-electron chi connectivity index (χ1n) is 6.23. The van der Waals surface area contributed by atoms with Crippen molar-refractivity contribution < 1.29 is 18.0 Å². The second-order valence-electron chi connectivity index (χ2n) is 4.54. The molecule has 0 spiro atoms. The molecule has 1 fully saturated rings. The van der Waals surface area contributed by atoms with Gasteiger partial charge in [0.05, 0.1) is 11.5 Å². The Morgan fingerprint density at radius 3 is 2.50 bits per heavy atom. The van der Waals surface area contributed by atoms with Crippen molar-refractivity contribution in [2.24, 2.45) is 0 Å². The molecule has 1 aliphatic rings. The zero-order chi connectivity index (χ0) is 13.6. The number of hydrogen-bond acceptors (Lipinski definition) is 4. The minimum atomic E-state index is -3.04. The summed E-state index contributed by atoms with van der Waals surface area (Å²) in [5.74, 6) is -1.42. The lowest BCUT2D eigenvalue weighted by Crippen LogP contribution is -2.45. The van der Waals surface area contributed by atoms with E-state index in [1.807, 2.05) is 0 Å². The van der Waals surface area contributed by atoms with Crippen molar-refractivity contribution in [3.63, 3.8) is 0 Å².